The van der Waals surface area contributed by atoms with Crippen LogP contribution in [0.5, 0.6) is 11.5 Å². The maximum absolute atomic E-state index is 12.9. The summed E-state index contributed by atoms with van der Waals surface area (Å²) in [7, 11) is 3.05. The van der Waals surface area contributed by atoms with Crippen molar-refractivity contribution in [2.45, 2.75) is 19.4 Å². The Kier molecular flexibility index (Phi) is 6.36. The number of nitrogens with one attached hydrogen (secondary N) is 2. The summed E-state index contributed by atoms with van der Waals surface area (Å²) in [6.07, 6.45) is 2.25. The van der Waals surface area contributed by atoms with E-state index in [0.29, 0.717) is 41.1 Å². The van der Waals surface area contributed by atoms with Gasteiger partial charge < -0.3 is 19.8 Å². The molecule has 2 N–H and O–H groups in total. The molecule has 2 aromatic heterocycles. The summed E-state index contributed by atoms with van der Waals surface area (Å²) in [5.41, 5.74) is 3.85. The fourth-order valence-electron chi connectivity index (χ4n) is 4.08. The third-order valence-electron chi connectivity index (χ3n) is 5.96. The molecule has 0 aliphatic carbocycles. The zero-order chi connectivity index (χ0) is 25.1. The number of rotatable bonds is 8. The van der Waals surface area contributed by atoms with Crippen molar-refractivity contribution in [3.63, 3.8) is 0 Å². The van der Waals surface area contributed by atoms with Crippen molar-refractivity contribution in [1.29, 1.82) is 0 Å². The van der Waals surface area contributed by atoms with Gasteiger partial charge in [0.05, 0.1) is 42.5 Å². The Bertz CT molecular complexity index is 1570. The Morgan fingerprint density at radius 2 is 1.75 bits per heavy atom. The molecule has 9 nitrogen and oxygen atoms in total. The number of hydrogen-bond acceptors (Lipinski definition) is 6. The van der Waals surface area contributed by atoms with Crippen molar-refractivity contribution in [2.24, 2.45) is 0 Å². The first kappa shape index (κ1) is 23.1. The molecular weight excluding hydrogens is 458 g/mol. The fraction of sp³-hybridized carbons (Fsp3) is 0.185. The first-order valence-corrected chi connectivity index (χ1v) is 11.5. The van der Waals surface area contributed by atoms with E-state index in [1.54, 1.807) is 12.1 Å². The number of aromatic amines is 1. The SMILES string of the molecule is COc1cc2ncn(CCCC(=O)Nc3ccc(-c4nc5ccccc5[nH]4)cc3)c(=O)c2cc1OC. The van der Waals surface area contributed by atoms with Crippen LogP contribution in [0.25, 0.3) is 33.3 Å². The minimum atomic E-state index is -0.192. The second-order valence-corrected chi connectivity index (χ2v) is 8.30. The number of carbonyl (C=O) groups excluding carboxylic acids is 1. The Hall–Kier alpha value is -4.66. The Labute approximate surface area is 206 Å². The second-order valence-electron chi connectivity index (χ2n) is 8.30. The molecule has 5 aromatic rings. The average molecular weight is 484 g/mol. The van der Waals surface area contributed by atoms with Crippen LogP contribution in [0.15, 0.2) is 71.8 Å². The fourth-order valence-corrected chi connectivity index (χ4v) is 4.08. The van der Waals surface area contributed by atoms with Gasteiger partial charge in [-0.2, -0.15) is 0 Å². The summed E-state index contributed by atoms with van der Waals surface area (Å²) in [4.78, 5) is 37.6. The number of fused-ring (bicyclic) bond motifs is 2. The molecule has 2 heterocycles. The van der Waals surface area contributed by atoms with E-state index >= 15 is 0 Å². The highest BCUT2D eigenvalue weighted by Crippen LogP contribution is 2.29. The topological polar surface area (TPSA) is 111 Å². The molecular formula is C27H25N5O4. The van der Waals surface area contributed by atoms with Gasteiger partial charge in [0.2, 0.25) is 5.91 Å². The lowest BCUT2D eigenvalue weighted by Gasteiger charge is -2.11. The van der Waals surface area contributed by atoms with E-state index in [9.17, 15) is 9.59 Å². The van der Waals surface area contributed by atoms with Crippen LogP contribution >= 0.6 is 0 Å². The second kappa shape index (κ2) is 9.91. The molecule has 0 aliphatic rings. The van der Waals surface area contributed by atoms with Gasteiger partial charge in [-0.05, 0) is 48.9 Å². The minimum absolute atomic E-state index is 0.125. The molecule has 0 unspecified atom stereocenters. The number of H-pyrrole nitrogens is 1. The van der Waals surface area contributed by atoms with Gasteiger partial charge in [0.15, 0.2) is 11.5 Å². The first-order valence-electron chi connectivity index (χ1n) is 11.5. The van der Waals surface area contributed by atoms with Gasteiger partial charge in [0.1, 0.15) is 5.82 Å². The molecule has 0 spiro atoms. The number of aromatic nitrogens is 4. The summed E-state index contributed by atoms with van der Waals surface area (Å²) in [6.45, 7) is 0.370. The lowest BCUT2D eigenvalue weighted by molar-refractivity contribution is -0.116. The van der Waals surface area contributed by atoms with Crippen molar-refractivity contribution in [3.8, 4) is 22.9 Å². The number of carbonyl (C=O) groups is 1. The summed E-state index contributed by atoms with van der Waals surface area (Å²) >= 11 is 0. The number of nitrogens with zero attached hydrogens (tertiary/aromatic N) is 3. The third-order valence-corrected chi connectivity index (χ3v) is 5.96. The van der Waals surface area contributed by atoms with E-state index in [2.05, 4.69) is 20.3 Å². The summed E-state index contributed by atoms with van der Waals surface area (Å²) in [6, 6.07) is 18.7. The van der Waals surface area contributed by atoms with Gasteiger partial charge >= 0.3 is 0 Å². The number of methoxy groups -OCH3 is 2. The number of amides is 1. The maximum Gasteiger partial charge on any atom is 0.261 e. The van der Waals surface area contributed by atoms with E-state index in [0.717, 1.165) is 22.4 Å². The van der Waals surface area contributed by atoms with Crippen molar-refractivity contribution >= 4 is 33.5 Å². The van der Waals surface area contributed by atoms with Crippen molar-refractivity contribution in [3.05, 3.63) is 77.3 Å². The van der Waals surface area contributed by atoms with Gasteiger partial charge in [0.25, 0.3) is 5.56 Å². The van der Waals surface area contributed by atoms with Crippen LogP contribution < -0.4 is 20.3 Å². The molecule has 0 aliphatic heterocycles. The highest BCUT2D eigenvalue weighted by molar-refractivity contribution is 5.91. The number of aryl methyl sites for hydroxylation is 1. The molecule has 5 rings (SSSR count). The Morgan fingerprint density at radius 1 is 1.00 bits per heavy atom. The quantitative estimate of drug-likeness (QED) is 0.339. The largest absolute Gasteiger partial charge is 0.493 e. The van der Waals surface area contributed by atoms with Gasteiger partial charge in [-0.1, -0.05) is 12.1 Å². The summed E-state index contributed by atoms with van der Waals surface area (Å²) in [5.74, 6) is 1.63. The number of hydrogen-bond donors (Lipinski definition) is 2. The molecule has 36 heavy (non-hydrogen) atoms. The smallest absolute Gasteiger partial charge is 0.261 e. The number of imidazole rings is 1. The van der Waals surface area contributed by atoms with Gasteiger partial charge in [0, 0.05) is 30.3 Å². The maximum atomic E-state index is 12.9. The molecule has 0 radical (unpaired) electrons. The summed E-state index contributed by atoms with van der Waals surface area (Å²) < 4.78 is 12.1. The van der Waals surface area contributed by atoms with Crippen LogP contribution in [0.2, 0.25) is 0 Å². The third kappa shape index (κ3) is 4.63. The predicted molar refractivity (Wildman–Crippen MR) is 139 cm³/mol. The molecule has 182 valence electrons. The van der Waals surface area contributed by atoms with Crippen LogP contribution in [0.3, 0.4) is 0 Å². The number of benzene rings is 3. The van der Waals surface area contributed by atoms with Gasteiger partial charge in [-0.15, -0.1) is 0 Å². The standard InChI is InChI=1S/C27H25N5O4/c1-35-23-14-19-22(15-24(23)36-2)28-16-32(27(19)34)13-5-8-25(33)29-18-11-9-17(10-12-18)26-30-20-6-3-4-7-21(20)31-26/h3-4,6-7,9-12,14-16H,5,8,13H2,1-2H3,(H,29,33)(H,30,31). The lowest BCUT2D eigenvalue weighted by atomic mass is 10.2. The van der Waals surface area contributed by atoms with E-state index in [-0.39, 0.29) is 17.9 Å². The summed E-state index contributed by atoms with van der Waals surface area (Å²) in [5, 5.41) is 3.34. The van der Waals surface area contributed by atoms with Crippen molar-refractivity contribution in [1.82, 2.24) is 19.5 Å². The predicted octanol–water partition coefficient (Wildman–Crippen LogP) is 4.38. The molecule has 0 saturated carbocycles. The molecule has 0 bridgehead atoms. The van der Waals surface area contributed by atoms with Crippen LogP contribution in [-0.2, 0) is 11.3 Å². The van der Waals surface area contributed by atoms with Gasteiger partial charge in [-0.3, -0.25) is 14.2 Å². The van der Waals surface area contributed by atoms with E-state index in [1.807, 2.05) is 48.5 Å². The van der Waals surface area contributed by atoms with Crippen molar-refractivity contribution < 1.29 is 14.3 Å². The minimum Gasteiger partial charge on any atom is -0.493 e. The monoisotopic (exact) mass is 483 g/mol. The van der Waals surface area contributed by atoms with Crippen LogP contribution in [0, 0.1) is 0 Å². The lowest BCUT2D eigenvalue weighted by Crippen LogP contribution is -2.22. The average Bonchev–Trinajstić information content (AvgIpc) is 3.34. The van der Waals surface area contributed by atoms with Crippen LogP contribution in [0.4, 0.5) is 5.69 Å². The normalized spacial score (nSPS) is 11.1. The molecule has 1 amide bonds. The zero-order valence-electron chi connectivity index (χ0n) is 19.9. The number of para-hydroxylation sites is 2. The highest BCUT2D eigenvalue weighted by Gasteiger charge is 2.12. The highest BCUT2D eigenvalue weighted by atomic mass is 16.5. The zero-order valence-corrected chi connectivity index (χ0v) is 19.9. The van der Waals surface area contributed by atoms with Crippen LogP contribution in [-0.4, -0.2) is 39.6 Å². The molecule has 3 aromatic carbocycles. The van der Waals surface area contributed by atoms with Crippen LogP contribution in [0.1, 0.15) is 12.8 Å². The van der Waals surface area contributed by atoms with Crippen molar-refractivity contribution in [2.75, 3.05) is 19.5 Å². The molecule has 0 saturated heterocycles. The molecule has 0 fully saturated rings. The van der Waals surface area contributed by atoms with E-state index in [1.165, 1.54) is 25.1 Å². The molecule has 9 heteroatoms. The van der Waals surface area contributed by atoms with E-state index in [4.69, 9.17) is 9.47 Å². The number of ether oxygens (including phenoxy) is 2. The first-order chi connectivity index (χ1) is 17.6. The molecule has 0 atom stereocenters. The van der Waals surface area contributed by atoms with Gasteiger partial charge in [-0.25, -0.2) is 9.97 Å². The Morgan fingerprint density at radius 3 is 2.50 bits per heavy atom. The Balaban J connectivity index is 1.20. The number of anilines is 1. The van der Waals surface area contributed by atoms with E-state index < -0.39 is 0 Å².